The molecular formula is C13H15Cl3FNO2S. The molecule has 0 amide bonds. The Morgan fingerprint density at radius 1 is 1.14 bits per heavy atom. The van der Waals surface area contributed by atoms with Crippen LogP contribution in [0.15, 0.2) is 17.0 Å². The van der Waals surface area contributed by atoms with E-state index in [1.165, 1.54) is 12.1 Å². The van der Waals surface area contributed by atoms with Gasteiger partial charge in [-0.2, -0.15) is 0 Å². The molecule has 8 heteroatoms. The topological polar surface area (TPSA) is 46.2 Å². The highest BCUT2D eigenvalue weighted by Gasteiger charge is 2.29. The zero-order valence-corrected chi connectivity index (χ0v) is 14.2. The highest BCUT2D eigenvalue weighted by atomic mass is 35.5. The Hall–Kier alpha value is -0.0700. The summed E-state index contributed by atoms with van der Waals surface area (Å²) in [7, 11) is -3.94. The summed E-state index contributed by atoms with van der Waals surface area (Å²) in [6.07, 6.45) is 4.30. The molecule has 0 saturated heterocycles. The second-order valence-electron chi connectivity index (χ2n) is 5.06. The van der Waals surface area contributed by atoms with E-state index >= 15 is 0 Å². The molecule has 1 N–H and O–H groups in total. The molecule has 3 nitrogen and oxygen atoms in total. The number of nitrogens with one attached hydrogen (secondary N) is 1. The van der Waals surface area contributed by atoms with Crippen molar-refractivity contribution in [2.45, 2.75) is 48.4 Å². The Balaban J connectivity index is 2.28. The largest absolute Gasteiger partial charge is 0.242 e. The van der Waals surface area contributed by atoms with Crippen molar-refractivity contribution < 1.29 is 12.8 Å². The molecule has 1 aliphatic carbocycles. The van der Waals surface area contributed by atoms with Crippen LogP contribution in [0.5, 0.6) is 0 Å². The lowest BCUT2D eigenvalue weighted by molar-refractivity contribution is 0.513. The van der Waals surface area contributed by atoms with Gasteiger partial charge in [0.05, 0.1) is 10.0 Å². The SMILES string of the molecule is O=S(=O)(NC1CCCCCC1Cl)c1ccc(Cl)c(F)c1Cl. The molecule has 2 rings (SSSR count). The van der Waals surface area contributed by atoms with Gasteiger partial charge in [0.1, 0.15) is 4.90 Å². The van der Waals surface area contributed by atoms with Crippen molar-refractivity contribution in [3.63, 3.8) is 0 Å². The monoisotopic (exact) mass is 373 g/mol. The highest BCUT2D eigenvalue weighted by Crippen LogP contribution is 2.30. The van der Waals surface area contributed by atoms with E-state index in [2.05, 4.69) is 4.72 Å². The van der Waals surface area contributed by atoms with E-state index in [1.807, 2.05) is 0 Å². The third kappa shape index (κ3) is 4.02. The predicted molar refractivity (Wildman–Crippen MR) is 83.3 cm³/mol. The van der Waals surface area contributed by atoms with Gasteiger partial charge in [0.25, 0.3) is 0 Å². The van der Waals surface area contributed by atoms with E-state index in [9.17, 15) is 12.8 Å². The molecule has 0 radical (unpaired) electrons. The molecule has 1 saturated carbocycles. The van der Waals surface area contributed by atoms with Crippen molar-refractivity contribution in [1.29, 1.82) is 0 Å². The molecule has 1 fully saturated rings. The zero-order valence-electron chi connectivity index (χ0n) is 11.1. The molecule has 0 spiro atoms. The summed E-state index contributed by atoms with van der Waals surface area (Å²) < 4.78 is 41.0. The normalized spacial score (nSPS) is 23.8. The molecule has 2 atom stereocenters. The Morgan fingerprint density at radius 3 is 2.52 bits per heavy atom. The smallest absolute Gasteiger partial charge is 0.207 e. The van der Waals surface area contributed by atoms with E-state index in [1.54, 1.807) is 0 Å². The molecule has 0 aromatic heterocycles. The van der Waals surface area contributed by atoms with Crippen molar-refractivity contribution in [1.82, 2.24) is 4.72 Å². The van der Waals surface area contributed by atoms with Crippen molar-refractivity contribution in [2.75, 3.05) is 0 Å². The Bertz CT molecular complexity index is 624. The van der Waals surface area contributed by atoms with Gasteiger partial charge in [-0.05, 0) is 25.0 Å². The second kappa shape index (κ2) is 7.01. The summed E-state index contributed by atoms with van der Waals surface area (Å²) in [4.78, 5) is -0.320. The van der Waals surface area contributed by atoms with Crippen molar-refractivity contribution in [2.24, 2.45) is 0 Å². The van der Waals surface area contributed by atoms with Crippen molar-refractivity contribution in [3.8, 4) is 0 Å². The maximum Gasteiger partial charge on any atom is 0.242 e. The summed E-state index contributed by atoms with van der Waals surface area (Å²) in [6, 6.07) is 1.98. The molecule has 0 bridgehead atoms. The van der Waals surface area contributed by atoms with Crippen LogP contribution in [0.4, 0.5) is 4.39 Å². The number of hydrogen-bond acceptors (Lipinski definition) is 2. The fourth-order valence-electron chi connectivity index (χ4n) is 2.37. The molecule has 1 aliphatic rings. The molecule has 0 aliphatic heterocycles. The average molecular weight is 375 g/mol. The third-order valence-electron chi connectivity index (χ3n) is 3.53. The number of halogens is 4. The maximum atomic E-state index is 13.7. The van der Waals surface area contributed by atoms with Crippen LogP contribution in [0.1, 0.15) is 32.1 Å². The number of rotatable bonds is 3. The Labute approximate surface area is 138 Å². The van der Waals surface area contributed by atoms with E-state index in [0.717, 1.165) is 25.7 Å². The first-order valence-corrected chi connectivity index (χ1v) is 9.30. The zero-order chi connectivity index (χ0) is 15.6. The van der Waals surface area contributed by atoms with Gasteiger partial charge in [-0.25, -0.2) is 17.5 Å². The van der Waals surface area contributed by atoms with Gasteiger partial charge in [0, 0.05) is 11.4 Å². The maximum absolute atomic E-state index is 13.7. The minimum atomic E-state index is -3.94. The van der Waals surface area contributed by atoms with Crippen LogP contribution in [0.2, 0.25) is 10.0 Å². The quantitative estimate of drug-likeness (QED) is 0.485. The second-order valence-corrected chi connectivity index (χ2v) is 8.08. The van der Waals surface area contributed by atoms with Crippen LogP contribution >= 0.6 is 34.8 Å². The van der Waals surface area contributed by atoms with E-state index in [-0.39, 0.29) is 21.3 Å². The first-order valence-electron chi connectivity index (χ1n) is 6.63. The first-order chi connectivity index (χ1) is 9.83. The number of hydrogen-bond donors (Lipinski definition) is 1. The Morgan fingerprint density at radius 2 is 1.81 bits per heavy atom. The number of benzene rings is 1. The van der Waals surface area contributed by atoms with Crippen LogP contribution in [-0.4, -0.2) is 19.8 Å². The van der Waals surface area contributed by atoms with Gasteiger partial charge in [-0.1, -0.05) is 42.5 Å². The lowest BCUT2D eigenvalue weighted by Gasteiger charge is -2.21. The van der Waals surface area contributed by atoms with Gasteiger partial charge < -0.3 is 0 Å². The van der Waals surface area contributed by atoms with E-state index in [4.69, 9.17) is 34.8 Å². The van der Waals surface area contributed by atoms with Crippen LogP contribution in [0.3, 0.4) is 0 Å². The van der Waals surface area contributed by atoms with Gasteiger partial charge in [0.2, 0.25) is 10.0 Å². The molecule has 2 unspecified atom stereocenters. The summed E-state index contributed by atoms with van der Waals surface area (Å²) in [6.45, 7) is 0. The summed E-state index contributed by atoms with van der Waals surface area (Å²) in [5.74, 6) is -0.940. The number of alkyl halides is 1. The lowest BCUT2D eigenvalue weighted by Crippen LogP contribution is -2.40. The molecular weight excluding hydrogens is 360 g/mol. The van der Waals surface area contributed by atoms with Gasteiger partial charge in [0.15, 0.2) is 5.82 Å². The first kappa shape index (κ1) is 17.3. The van der Waals surface area contributed by atoms with E-state index < -0.39 is 20.9 Å². The summed E-state index contributed by atoms with van der Waals surface area (Å²) in [5, 5.41) is -1.00. The molecule has 1 aromatic rings. The van der Waals surface area contributed by atoms with Crippen LogP contribution < -0.4 is 4.72 Å². The standard InChI is InChI=1S/C13H15Cl3FNO2S/c14-8-4-2-1-3-5-10(8)18-21(19,20)11-7-6-9(15)13(17)12(11)16/h6-8,10,18H,1-5H2. The highest BCUT2D eigenvalue weighted by molar-refractivity contribution is 7.89. The molecule has 0 heterocycles. The van der Waals surface area contributed by atoms with Gasteiger partial charge >= 0.3 is 0 Å². The van der Waals surface area contributed by atoms with Crippen LogP contribution in [-0.2, 0) is 10.0 Å². The fraction of sp³-hybridized carbons (Fsp3) is 0.538. The average Bonchev–Trinajstić information content (AvgIpc) is 2.61. The fourth-order valence-corrected chi connectivity index (χ4v) is 4.85. The van der Waals surface area contributed by atoms with Crippen LogP contribution in [0, 0.1) is 5.82 Å². The lowest BCUT2D eigenvalue weighted by atomic mass is 10.1. The summed E-state index contributed by atoms with van der Waals surface area (Å²) in [5.41, 5.74) is 0. The van der Waals surface area contributed by atoms with Crippen molar-refractivity contribution in [3.05, 3.63) is 28.0 Å². The number of sulfonamides is 1. The minimum absolute atomic E-state index is 0.219. The van der Waals surface area contributed by atoms with E-state index in [0.29, 0.717) is 6.42 Å². The van der Waals surface area contributed by atoms with Gasteiger partial charge in [-0.3, -0.25) is 0 Å². The Kier molecular flexibility index (Phi) is 5.77. The molecule has 21 heavy (non-hydrogen) atoms. The third-order valence-corrected chi connectivity index (χ3v) is 6.36. The van der Waals surface area contributed by atoms with Crippen LogP contribution in [0.25, 0.3) is 0 Å². The molecule has 118 valence electrons. The molecule has 1 aromatic carbocycles. The van der Waals surface area contributed by atoms with Crippen molar-refractivity contribution >= 4 is 44.8 Å². The van der Waals surface area contributed by atoms with Gasteiger partial charge in [-0.15, -0.1) is 11.6 Å². The predicted octanol–water partition coefficient (Wildman–Crippen LogP) is 4.35. The minimum Gasteiger partial charge on any atom is -0.207 e. The summed E-state index contributed by atoms with van der Waals surface area (Å²) >= 11 is 17.6.